The topological polar surface area (TPSA) is 82.9 Å². The lowest BCUT2D eigenvalue weighted by Crippen LogP contribution is -2.49. The van der Waals surface area contributed by atoms with Gasteiger partial charge in [-0.05, 0) is 103 Å². The maximum absolute atomic E-state index is 13.6. The van der Waals surface area contributed by atoms with Gasteiger partial charge in [0.1, 0.15) is 6.04 Å². The third-order valence-corrected chi connectivity index (χ3v) is 8.81. The third-order valence-electron chi connectivity index (χ3n) is 8.81. The first-order chi connectivity index (χ1) is 18.4. The van der Waals surface area contributed by atoms with Crippen LogP contribution in [0.15, 0.2) is 41.2 Å². The Morgan fingerprint density at radius 1 is 0.921 bits per heavy atom. The van der Waals surface area contributed by atoms with E-state index in [1.165, 1.54) is 40.8 Å². The van der Waals surface area contributed by atoms with Crippen LogP contribution < -0.4 is 10.5 Å². The lowest BCUT2D eigenvalue weighted by molar-refractivity contribution is 0.196. The molecule has 38 heavy (non-hydrogen) atoms. The third kappa shape index (κ3) is 4.41. The number of hydrogen-bond acceptors (Lipinski definition) is 6. The Labute approximate surface area is 223 Å². The minimum atomic E-state index is -0.305. The van der Waals surface area contributed by atoms with Gasteiger partial charge in [-0.1, -0.05) is 25.0 Å². The molecule has 1 aliphatic carbocycles. The highest BCUT2D eigenvalue weighted by atomic mass is 16.1. The highest BCUT2D eigenvalue weighted by Crippen LogP contribution is 2.35. The normalized spacial score (nSPS) is 17.9. The maximum Gasteiger partial charge on any atom is 0.253 e. The van der Waals surface area contributed by atoms with Crippen LogP contribution in [-0.2, 0) is 0 Å². The zero-order chi connectivity index (χ0) is 26.4. The monoisotopic (exact) mass is 511 g/mol. The van der Waals surface area contributed by atoms with E-state index >= 15 is 0 Å². The van der Waals surface area contributed by atoms with Crippen LogP contribution in [0.2, 0.25) is 0 Å². The molecular formula is C30H37N7O. The molecule has 0 radical (unpaired) electrons. The van der Waals surface area contributed by atoms with Gasteiger partial charge >= 0.3 is 0 Å². The highest BCUT2D eigenvalue weighted by Gasteiger charge is 2.35. The summed E-state index contributed by atoms with van der Waals surface area (Å²) >= 11 is 0. The molecule has 198 valence electrons. The van der Waals surface area contributed by atoms with Gasteiger partial charge in [0.25, 0.3) is 5.56 Å². The van der Waals surface area contributed by atoms with Gasteiger partial charge in [0.05, 0.1) is 6.04 Å². The number of hydrogen-bond donors (Lipinski definition) is 1. The number of nitrogens with zero attached hydrogens (tertiary/aromatic N) is 6. The maximum atomic E-state index is 13.6. The molecule has 1 atom stereocenters. The summed E-state index contributed by atoms with van der Waals surface area (Å²) in [7, 11) is 0. The van der Waals surface area contributed by atoms with Gasteiger partial charge in [0.2, 0.25) is 0 Å². The van der Waals surface area contributed by atoms with Crippen LogP contribution in [-0.4, -0.2) is 56.3 Å². The summed E-state index contributed by atoms with van der Waals surface area (Å²) in [5.74, 6) is 0.783. The van der Waals surface area contributed by atoms with Crippen molar-refractivity contribution >= 4 is 16.6 Å². The van der Waals surface area contributed by atoms with Crippen molar-refractivity contribution < 1.29 is 0 Å². The van der Waals surface area contributed by atoms with E-state index < -0.39 is 0 Å². The zero-order valence-corrected chi connectivity index (χ0v) is 22.9. The fourth-order valence-electron chi connectivity index (χ4n) is 6.28. The number of pyridine rings is 1. The van der Waals surface area contributed by atoms with Crippen LogP contribution >= 0.6 is 0 Å². The summed E-state index contributed by atoms with van der Waals surface area (Å²) in [6.45, 7) is 12.0. The molecule has 6 rings (SSSR count). The first-order valence-electron chi connectivity index (χ1n) is 13.9. The molecule has 2 aromatic carbocycles. The fraction of sp³-hybridized carbons (Fsp3) is 0.467. The number of anilines is 1. The summed E-state index contributed by atoms with van der Waals surface area (Å²) in [5.41, 5.74) is 7.85. The average molecular weight is 512 g/mol. The molecule has 3 heterocycles. The van der Waals surface area contributed by atoms with E-state index in [4.69, 9.17) is 0 Å². The van der Waals surface area contributed by atoms with E-state index in [0.29, 0.717) is 6.04 Å². The van der Waals surface area contributed by atoms with Gasteiger partial charge in [-0.3, -0.25) is 9.69 Å². The summed E-state index contributed by atoms with van der Waals surface area (Å²) in [6, 6.07) is 12.8. The van der Waals surface area contributed by atoms with Crippen molar-refractivity contribution in [3.63, 3.8) is 0 Å². The molecule has 2 aromatic heterocycles. The second kappa shape index (κ2) is 9.98. The minimum absolute atomic E-state index is 0.0660. The van der Waals surface area contributed by atoms with E-state index in [2.05, 4.69) is 94.4 Å². The molecule has 2 fully saturated rings. The molecule has 8 nitrogen and oxygen atoms in total. The largest absolute Gasteiger partial charge is 0.369 e. The first-order valence-corrected chi connectivity index (χ1v) is 13.9. The van der Waals surface area contributed by atoms with Crippen molar-refractivity contribution in [2.75, 3.05) is 31.1 Å². The molecule has 0 spiro atoms. The van der Waals surface area contributed by atoms with Gasteiger partial charge in [-0.2, -0.15) is 0 Å². The molecule has 2 aliphatic rings. The second-order valence-corrected chi connectivity index (χ2v) is 11.1. The Morgan fingerprint density at radius 2 is 1.66 bits per heavy atom. The van der Waals surface area contributed by atoms with Crippen molar-refractivity contribution in [2.45, 2.75) is 65.5 Å². The number of aromatic nitrogens is 5. The Balaban J connectivity index is 1.40. The molecule has 4 aromatic rings. The lowest BCUT2D eigenvalue weighted by atomic mass is 9.99. The molecule has 1 N–H and O–H groups in total. The van der Waals surface area contributed by atoms with E-state index in [1.807, 2.05) is 4.68 Å². The molecule has 0 bridgehead atoms. The van der Waals surface area contributed by atoms with Crippen LogP contribution in [0.3, 0.4) is 0 Å². The summed E-state index contributed by atoms with van der Waals surface area (Å²) in [5, 5.41) is 14.2. The number of tetrazole rings is 1. The Bertz CT molecular complexity index is 1520. The molecule has 1 aliphatic heterocycles. The van der Waals surface area contributed by atoms with Gasteiger partial charge in [0, 0.05) is 42.9 Å². The van der Waals surface area contributed by atoms with Crippen LogP contribution in [0.4, 0.5) is 5.69 Å². The quantitative estimate of drug-likeness (QED) is 0.415. The number of nitrogens with one attached hydrogen (secondary N) is 1. The molecule has 1 saturated carbocycles. The number of benzene rings is 2. The number of piperazine rings is 1. The van der Waals surface area contributed by atoms with Gasteiger partial charge in [-0.15, -0.1) is 5.10 Å². The van der Waals surface area contributed by atoms with Gasteiger partial charge in [0.15, 0.2) is 5.82 Å². The molecule has 1 saturated heterocycles. The van der Waals surface area contributed by atoms with E-state index in [0.717, 1.165) is 61.3 Å². The predicted molar refractivity (Wildman–Crippen MR) is 151 cm³/mol. The SMILES string of the molecule is Cc1cc2cc([C@@H](c3nnnn3C3CCCC3)N3CCN(c4cccc(C)c4C)CC3)c(=O)[nH]c2cc1C. The zero-order valence-electron chi connectivity index (χ0n) is 22.9. The Hall–Kier alpha value is -3.52. The lowest BCUT2D eigenvalue weighted by Gasteiger charge is -2.40. The first kappa shape index (κ1) is 24.8. The number of fused-ring (bicyclic) bond motifs is 1. The van der Waals surface area contributed by atoms with E-state index in [9.17, 15) is 4.79 Å². The highest BCUT2D eigenvalue weighted by molar-refractivity contribution is 5.81. The summed E-state index contributed by atoms with van der Waals surface area (Å²) < 4.78 is 2.01. The number of aryl methyl sites for hydroxylation is 3. The number of aromatic amines is 1. The van der Waals surface area contributed by atoms with Crippen LogP contribution in [0.1, 0.15) is 71.4 Å². The van der Waals surface area contributed by atoms with Crippen molar-refractivity contribution in [3.05, 3.63) is 80.4 Å². The number of rotatable bonds is 5. The van der Waals surface area contributed by atoms with Crippen molar-refractivity contribution in [2.24, 2.45) is 0 Å². The standard InChI is InChI=1S/C30H37N7O/c1-19-8-7-11-27(22(19)4)35-12-14-36(15-13-35)28(29-32-33-34-37(29)24-9-5-6-10-24)25-18-23-16-20(2)21(3)17-26(23)31-30(25)38/h7-8,11,16-18,24,28H,5-6,9-10,12-15H2,1-4H3,(H,31,38)/t28-/m0/s1. The predicted octanol–water partition coefficient (Wildman–Crippen LogP) is 4.77. The number of H-pyrrole nitrogens is 1. The van der Waals surface area contributed by atoms with Gasteiger partial charge in [-0.25, -0.2) is 4.68 Å². The summed E-state index contributed by atoms with van der Waals surface area (Å²) in [4.78, 5) is 21.7. The van der Waals surface area contributed by atoms with Crippen molar-refractivity contribution in [1.82, 2.24) is 30.1 Å². The second-order valence-electron chi connectivity index (χ2n) is 11.1. The molecule has 0 amide bonds. The van der Waals surface area contributed by atoms with E-state index in [1.54, 1.807) is 0 Å². The van der Waals surface area contributed by atoms with Crippen LogP contribution in [0, 0.1) is 27.7 Å². The van der Waals surface area contributed by atoms with Gasteiger partial charge < -0.3 is 9.88 Å². The minimum Gasteiger partial charge on any atom is -0.369 e. The molecule has 8 heteroatoms. The Kier molecular flexibility index (Phi) is 6.51. The smallest absolute Gasteiger partial charge is 0.253 e. The van der Waals surface area contributed by atoms with Crippen LogP contribution in [0.25, 0.3) is 10.9 Å². The van der Waals surface area contributed by atoms with Crippen LogP contribution in [0.5, 0.6) is 0 Å². The average Bonchev–Trinajstić information content (AvgIpc) is 3.60. The molecule has 0 unspecified atom stereocenters. The van der Waals surface area contributed by atoms with Crippen molar-refractivity contribution in [1.29, 1.82) is 0 Å². The molecular weight excluding hydrogens is 474 g/mol. The van der Waals surface area contributed by atoms with E-state index in [-0.39, 0.29) is 11.6 Å². The fourth-order valence-corrected chi connectivity index (χ4v) is 6.28. The van der Waals surface area contributed by atoms with Crippen molar-refractivity contribution in [3.8, 4) is 0 Å². The Morgan fingerprint density at radius 3 is 2.42 bits per heavy atom. The summed E-state index contributed by atoms with van der Waals surface area (Å²) in [6.07, 6.45) is 4.55.